The lowest BCUT2D eigenvalue weighted by Crippen LogP contribution is -2.41. The average molecular weight is 562 g/mol. The first-order valence-electron chi connectivity index (χ1n) is 13.6. The summed E-state index contributed by atoms with van der Waals surface area (Å²) < 4.78 is 33.7. The molecule has 0 bridgehead atoms. The topological polar surface area (TPSA) is 75.7 Å². The van der Waals surface area contributed by atoms with Gasteiger partial charge in [0.05, 0.1) is 41.6 Å². The molecular weight excluding hydrogens is 522 g/mol. The zero-order valence-electron chi connectivity index (χ0n) is 24.9. The minimum atomic E-state index is -0.333. The van der Waals surface area contributed by atoms with E-state index in [0.29, 0.717) is 47.6 Å². The molecule has 1 aliphatic heterocycles. The Kier molecular flexibility index (Phi) is 9.65. The van der Waals surface area contributed by atoms with Crippen LogP contribution in [0.4, 0.5) is 0 Å². The Morgan fingerprint density at radius 1 is 0.854 bits per heavy atom. The van der Waals surface area contributed by atoms with E-state index in [1.165, 1.54) is 5.56 Å². The van der Waals surface area contributed by atoms with Gasteiger partial charge in [-0.05, 0) is 77.1 Å². The van der Waals surface area contributed by atoms with Crippen molar-refractivity contribution in [3.05, 3.63) is 76.9 Å². The van der Waals surface area contributed by atoms with Crippen molar-refractivity contribution in [1.82, 2.24) is 4.90 Å². The Bertz CT molecular complexity index is 1360. The summed E-state index contributed by atoms with van der Waals surface area (Å²) in [5.41, 5.74) is 4.06. The van der Waals surface area contributed by atoms with Crippen molar-refractivity contribution in [2.75, 3.05) is 48.7 Å². The Balaban J connectivity index is 1.64. The van der Waals surface area contributed by atoms with E-state index in [-0.39, 0.29) is 18.6 Å². The van der Waals surface area contributed by atoms with Gasteiger partial charge in [-0.2, -0.15) is 0 Å². The molecule has 0 aliphatic carbocycles. The maximum Gasteiger partial charge on any atom is 0.247 e. The van der Waals surface area contributed by atoms with E-state index in [1.54, 1.807) is 59.8 Å². The molecule has 0 aromatic heterocycles. The molecule has 0 fully saturated rings. The van der Waals surface area contributed by atoms with Crippen molar-refractivity contribution >= 4 is 12.0 Å². The third-order valence-electron chi connectivity index (χ3n) is 7.35. The minimum Gasteiger partial charge on any atom is -0.493 e. The number of hydrogen-bond donors (Lipinski definition) is 0. The highest BCUT2D eigenvalue weighted by Crippen LogP contribution is 2.40. The van der Waals surface area contributed by atoms with E-state index in [1.807, 2.05) is 29.2 Å². The fourth-order valence-electron chi connectivity index (χ4n) is 5.06. The van der Waals surface area contributed by atoms with Gasteiger partial charge in [-0.15, -0.1) is 0 Å². The van der Waals surface area contributed by atoms with Gasteiger partial charge in [0, 0.05) is 12.6 Å². The average Bonchev–Trinajstić information content (AvgIpc) is 3.00. The molecule has 218 valence electrons. The van der Waals surface area contributed by atoms with Crippen LogP contribution in [0.25, 0.3) is 6.08 Å². The molecular formula is C33H39NO7. The molecule has 4 rings (SSSR count). The van der Waals surface area contributed by atoms with Crippen molar-refractivity contribution < 1.29 is 33.2 Å². The minimum absolute atomic E-state index is 0.136. The largest absolute Gasteiger partial charge is 0.493 e. The molecule has 0 spiro atoms. The molecule has 1 atom stereocenters. The van der Waals surface area contributed by atoms with Gasteiger partial charge in [0.15, 0.2) is 23.0 Å². The fraction of sp³-hybridized carbons (Fsp3) is 0.364. The summed E-state index contributed by atoms with van der Waals surface area (Å²) in [7, 11) is 7.91. The summed E-state index contributed by atoms with van der Waals surface area (Å²) in [6.07, 6.45) is 4.00. The maximum atomic E-state index is 13.7. The molecule has 1 heterocycles. The number of ether oxygens (including phenoxy) is 6. The van der Waals surface area contributed by atoms with Crippen molar-refractivity contribution in [2.24, 2.45) is 0 Å². The molecule has 0 N–H and O–H groups in total. The number of benzene rings is 3. The van der Waals surface area contributed by atoms with Gasteiger partial charge in [-0.3, -0.25) is 4.79 Å². The van der Waals surface area contributed by atoms with E-state index in [0.717, 1.165) is 22.4 Å². The van der Waals surface area contributed by atoms with Crippen molar-refractivity contribution in [3.8, 4) is 34.5 Å². The molecule has 41 heavy (non-hydrogen) atoms. The second kappa shape index (κ2) is 13.4. The molecule has 3 aromatic carbocycles. The summed E-state index contributed by atoms with van der Waals surface area (Å²) in [6, 6.07) is 15.3. The van der Waals surface area contributed by atoms with Crippen LogP contribution in [0, 0.1) is 0 Å². The number of methoxy groups -OCH3 is 5. The van der Waals surface area contributed by atoms with Crippen LogP contribution >= 0.6 is 0 Å². The molecule has 0 saturated heterocycles. The van der Waals surface area contributed by atoms with E-state index in [9.17, 15) is 4.79 Å². The molecule has 1 unspecified atom stereocenters. The quantitative estimate of drug-likeness (QED) is 0.263. The zero-order valence-corrected chi connectivity index (χ0v) is 24.9. The van der Waals surface area contributed by atoms with Crippen LogP contribution < -0.4 is 28.4 Å². The summed E-state index contributed by atoms with van der Waals surface area (Å²) in [5.74, 6) is 3.85. The Morgan fingerprint density at radius 2 is 1.46 bits per heavy atom. The standard InChI is InChI=1S/C33H39NO7/c1-21(2)23-9-11-25(12-10-23)41-20-27-26-19-29(37-4)28(36-3)18-24(26)14-15-34(27)32(35)13-8-22-16-30(38-5)33(40-7)31(17-22)39-6/h8-13,16-19,21,27H,14-15,20H2,1-7H3/b13-8+. The lowest BCUT2D eigenvalue weighted by molar-refractivity contribution is -0.129. The smallest absolute Gasteiger partial charge is 0.247 e. The molecule has 1 aliphatic rings. The van der Waals surface area contributed by atoms with Gasteiger partial charge >= 0.3 is 0 Å². The number of carbonyl (C=O) groups excluding carboxylic acids is 1. The van der Waals surface area contributed by atoms with Gasteiger partial charge < -0.3 is 33.3 Å². The maximum absolute atomic E-state index is 13.7. The molecule has 3 aromatic rings. The third kappa shape index (κ3) is 6.53. The number of nitrogens with zero attached hydrogens (tertiary/aromatic N) is 1. The molecule has 1 amide bonds. The zero-order chi connectivity index (χ0) is 29.5. The van der Waals surface area contributed by atoms with Crippen LogP contribution in [0.5, 0.6) is 34.5 Å². The third-order valence-corrected chi connectivity index (χ3v) is 7.35. The highest BCUT2D eigenvalue weighted by molar-refractivity contribution is 5.92. The van der Waals surface area contributed by atoms with Crippen molar-refractivity contribution in [1.29, 1.82) is 0 Å². The second-order valence-electron chi connectivity index (χ2n) is 10.0. The number of carbonyl (C=O) groups is 1. The number of rotatable bonds is 11. The Morgan fingerprint density at radius 3 is 2.02 bits per heavy atom. The number of amides is 1. The molecule has 8 heteroatoms. The van der Waals surface area contributed by atoms with E-state index in [4.69, 9.17) is 28.4 Å². The SMILES string of the molecule is COc1cc2c(cc1OC)C(COc1ccc(C(C)C)cc1)N(C(=O)/C=C/c1cc(OC)c(OC)c(OC)c1)CC2. The highest BCUT2D eigenvalue weighted by atomic mass is 16.5. The Labute approximate surface area is 242 Å². The van der Waals surface area contributed by atoms with Gasteiger partial charge in [-0.25, -0.2) is 0 Å². The lowest BCUT2D eigenvalue weighted by atomic mass is 9.92. The molecule has 0 saturated carbocycles. The highest BCUT2D eigenvalue weighted by Gasteiger charge is 2.32. The van der Waals surface area contributed by atoms with Gasteiger partial charge in [0.25, 0.3) is 0 Å². The van der Waals surface area contributed by atoms with Crippen LogP contribution in [0.15, 0.2) is 54.6 Å². The van der Waals surface area contributed by atoms with E-state index >= 15 is 0 Å². The number of fused-ring (bicyclic) bond motifs is 1. The predicted molar refractivity (Wildman–Crippen MR) is 159 cm³/mol. The van der Waals surface area contributed by atoms with Gasteiger partial charge in [0.1, 0.15) is 12.4 Å². The van der Waals surface area contributed by atoms with Crippen LogP contribution in [0.2, 0.25) is 0 Å². The first-order valence-corrected chi connectivity index (χ1v) is 13.6. The normalized spacial score (nSPS) is 14.5. The monoisotopic (exact) mass is 561 g/mol. The van der Waals surface area contributed by atoms with Crippen LogP contribution in [-0.2, 0) is 11.2 Å². The second-order valence-corrected chi connectivity index (χ2v) is 10.0. The van der Waals surface area contributed by atoms with Gasteiger partial charge in [-0.1, -0.05) is 26.0 Å². The summed E-state index contributed by atoms with van der Waals surface area (Å²) in [4.78, 5) is 15.5. The molecule has 0 radical (unpaired) electrons. The lowest BCUT2D eigenvalue weighted by Gasteiger charge is -2.37. The van der Waals surface area contributed by atoms with Crippen LogP contribution in [-0.4, -0.2) is 59.5 Å². The van der Waals surface area contributed by atoms with E-state index in [2.05, 4.69) is 26.0 Å². The van der Waals surface area contributed by atoms with Crippen molar-refractivity contribution in [2.45, 2.75) is 32.2 Å². The predicted octanol–water partition coefficient (Wildman–Crippen LogP) is 6.07. The summed E-state index contributed by atoms with van der Waals surface area (Å²) in [5, 5.41) is 0. The Hall–Kier alpha value is -4.33. The van der Waals surface area contributed by atoms with E-state index < -0.39 is 0 Å². The van der Waals surface area contributed by atoms with Gasteiger partial charge in [0.2, 0.25) is 11.7 Å². The summed E-state index contributed by atoms with van der Waals surface area (Å²) >= 11 is 0. The van der Waals surface area contributed by atoms with Crippen LogP contribution in [0.3, 0.4) is 0 Å². The van der Waals surface area contributed by atoms with Crippen LogP contribution in [0.1, 0.15) is 48.1 Å². The van der Waals surface area contributed by atoms with Crippen molar-refractivity contribution in [3.63, 3.8) is 0 Å². The first-order chi connectivity index (χ1) is 19.8. The fourth-order valence-corrected chi connectivity index (χ4v) is 5.06. The summed E-state index contributed by atoms with van der Waals surface area (Å²) in [6.45, 7) is 5.13. The molecule has 8 nitrogen and oxygen atoms in total. The first kappa shape index (κ1) is 29.6. The number of hydrogen-bond acceptors (Lipinski definition) is 7.